The summed E-state index contributed by atoms with van der Waals surface area (Å²) >= 11 is 0. The Hall–Kier alpha value is -4.63. The van der Waals surface area contributed by atoms with E-state index in [1.165, 1.54) is 20.3 Å². The highest BCUT2D eigenvalue weighted by molar-refractivity contribution is 6.07. The molecule has 2 amide bonds. The Morgan fingerprint density at radius 1 is 0.946 bits per heavy atom. The first kappa shape index (κ1) is 25.5. The van der Waals surface area contributed by atoms with Crippen LogP contribution in [-0.4, -0.2) is 37.6 Å². The number of H-pyrrole nitrogens is 1. The van der Waals surface area contributed by atoms with Crippen LogP contribution in [0.3, 0.4) is 0 Å². The van der Waals surface area contributed by atoms with Crippen molar-refractivity contribution >= 4 is 28.4 Å². The number of carbonyl (C=O) groups excluding carboxylic acids is 2. The van der Waals surface area contributed by atoms with Gasteiger partial charge in [-0.3, -0.25) is 14.4 Å². The standard InChI is InChI=1S/C28H28N4O5/c1-16-9-10-18(26(33)32-23(15-29)17-7-5-4-6-8-17)12-21(16)30-27(34)20-11-19-13-24(36-2)25(37-3)14-22(19)31-28(20)35/h4-14,23H,15,29H2,1-3H3,(H,30,34)(H,31,35)(H,32,33). The first-order valence-corrected chi connectivity index (χ1v) is 11.6. The minimum atomic E-state index is -0.609. The molecule has 0 fully saturated rings. The number of carbonyl (C=O) groups is 2. The molecule has 0 saturated carbocycles. The third-order valence-electron chi connectivity index (χ3n) is 6.08. The highest BCUT2D eigenvalue weighted by atomic mass is 16.5. The molecule has 0 spiro atoms. The molecule has 0 saturated heterocycles. The molecule has 5 N–H and O–H groups in total. The van der Waals surface area contributed by atoms with E-state index in [0.717, 1.165) is 11.1 Å². The second-order valence-corrected chi connectivity index (χ2v) is 8.46. The van der Waals surface area contributed by atoms with Crippen molar-refractivity contribution in [2.24, 2.45) is 5.73 Å². The molecule has 0 aliphatic carbocycles. The average molecular weight is 501 g/mol. The lowest BCUT2D eigenvalue weighted by Crippen LogP contribution is -2.33. The summed E-state index contributed by atoms with van der Waals surface area (Å²) in [6.45, 7) is 2.03. The molecule has 0 aliphatic heterocycles. The number of ether oxygens (including phenoxy) is 2. The molecule has 4 aromatic rings. The molecule has 4 rings (SSSR count). The minimum Gasteiger partial charge on any atom is -0.493 e. The predicted molar refractivity (Wildman–Crippen MR) is 143 cm³/mol. The molecule has 0 radical (unpaired) electrons. The number of anilines is 1. The van der Waals surface area contributed by atoms with E-state index in [-0.39, 0.29) is 24.1 Å². The zero-order valence-corrected chi connectivity index (χ0v) is 20.8. The quantitative estimate of drug-likeness (QED) is 0.292. The number of fused-ring (bicyclic) bond motifs is 1. The average Bonchev–Trinajstić information content (AvgIpc) is 2.91. The summed E-state index contributed by atoms with van der Waals surface area (Å²) < 4.78 is 10.6. The van der Waals surface area contributed by atoms with Crippen LogP contribution in [0.15, 0.2) is 71.5 Å². The molecule has 9 nitrogen and oxygen atoms in total. The predicted octanol–water partition coefficient (Wildman–Crippen LogP) is 3.54. The number of pyridine rings is 1. The Morgan fingerprint density at radius 3 is 2.32 bits per heavy atom. The molecule has 37 heavy (non-hydrogen) atoms. The third-order valence-corrected chi connectivity index (χ3v) is 6.08. The number of rotatable bonds is 8. The number of amides is 2. The number of nitrogens with one attached hydrogen (secondary N) is 3. The third kappa shape index (κ3) is 5.46. The molecule has 9 heteroatoms. The Kier molecular flexibility index (Phi) is 7.55. The molecule has 190 valence electrons. The van der Waals surface area contributed by atoms with Crippen LogP contribution in [0.2, 0.25) is 0 Å². The summed E-state index contributed by atoms with van der Waals surface area (Å²) in [5.41, 5.74) is 8.12. The number of hydrogen-bond acceptors (Lipinski definition) is 6. The van der Waals surface area contributed by atoms with Crippen LogP contribution < -0.4 is 31.4 Å². The van der Waals surface area contributed by atoms with Gasteiger partial charge in [-0.05, 0) is 42.3 Å². The highest BCUT2D eigenvalue weighted by Gasteiger charge is 2.18. The van der Waals surface area contributed by atoms with Crippen LogP contribution in [0.4, 0.5) is 5.69 Å². The minimum absolute atomic E-state index is 0.0822. The second kappa shape index (κ2) is 11.0. The summed E-state index contributed by atoms with van der Waals surface area (Å²) in [5, 5.41) is 6.28. The van der Waals surface area contributed by atoms with E-state index in [4.69, 9.17) is 15.2 Å². The topological polar surface area (TPSA) is 136 Å². The molecule has 1 unspecified atom stereocenters. The second-order valence-electron chi connectivity index (χ2n) is 8.46. The Labute approximate surface area is 213 Å². The van der Waals surface area contributed by atoms with Crippen molar-refractivity contribution in [1.82, 2.24) is 10.3 Å². The van der Waals surface area contributed by atoms with E-state index in [0.29, 0.717) is 33.7 Å². The Balaban J connectivity index is 1.59. The summed E-state index contributed by atoms with van der Waals surface area (Å²) in [7, 11) is 3.00. The zero-order chi connectivity index (χ0) is 26.5. The summed E-state index contributed by atoms with van der Waals surface area (Å²) in [5.74, 6) is -0.0194. The van der Waals surface area contributed by atoms with E-state index in [2.05, 4.69) is 15.6 Å². The van der Waals surface area contributed by atoms with E-state index in [1.807, 2.05) is 30.3 Å². The van der Waals surface area contributed by atoms with Gasteiger partial charge in [0.2, 0.25) is 0 Å². The van der Waals surface area contributed by atoms with Crippen molar-refractivity contribution in [3.8, 4) is 11.5 Å². The van der Waals surface area contributed by atoms with Crippen LogP contribution in [0.25, 0.3) is 10.9 Å². The lowest BCUT2D eigenvalue weighted by molar-refractivity contribution is 0.0936. The maximum Gasteiger partial charge on any atom is 0.261 e. The molecule has 0 bridgehead atoms. The number of aromatic amines is 1. The molecule has 0 aliphatic rings. The monoisotopic (exact) mass is 500 g/mol. The lowest BCUT2D eigenvalue weighted by Gasteiger charge is -2.18. The van der Waals surface area contributed by atoms with Gasteiger partial charge >= 0.3 is 0 Å². The lowest BCUT2D eigenvalue weighted by atomic mass is 10.1. The SMILES string of the molecule is COc1cc2cc(C(=O)Nc3cc(C(=O)NC(CN)c4ccccc4)ccc3C)c(=O)[nH]c2cc1OC. The van der Waals surface area contributed by atoms with Crippen molar-refractivity contribution < 1.29 is 19.1 Å². The van der Waals surface area contributed by atoms with Crippen molar-refractivity contribution in [3.05, 3.63) is 99.3 Å². The zero-order valence-electron chi connectivity index (χ0n) is 20.8. The fourth-order valence-electron chi connectivity index (χ4n) is 3.99. The van der Waals surface area contributed by atoms with Gasteiger partial charge < -0.3 is 30.8 Å². The normalized spacial score (nSPS) is 11.6. The number of nitrogens with two attached hydrogens (primary N) is 1. The summed E-state index contributed by atoms with van der Waals surface area (Å²) in [4.78, 5) is 41.5. The fraction of sp³-hybridized carbons (Fsp3) is 0.179. The number of benzene rings is 3. The van der Waals surface area contributed by atoms with Gasteiger partial charge in [0.15, 0.2) is 11.5 Å². The number of aromatic nitrogens is 1. The molecule has 1 atom stereocenters. The fourth-order valence-corrected chi connectivity index (χ4v) is 3.99. The maximum atomic E-state index is 13.1. The maximum absolute atomic E-state index is 13.1. The van der Waals surface area contributed by atoms with E-state index in [1.54, 1.807) is 37.3 Å². The summed E-state index contributed by atoms with van der Waals surface area (Å²) in [6.07, 6.45) is 0. The molecule has 1 aromatic heterocycles. The van der Waals surface area contributed by atoms with Crippen molar-refractivity contribution in [2.75, 3.05) is 26.1 Å². The largest absolute Gasteiger partial charge is 0.493 e. The number of hydrogen-bond donors (Lipinski definition) is 4. The van der Waals surface area contributed by atoms with Gasteiger partial charge in [0.05, 0.1) is 25.8 Å². The number of methoxy groups -OCH3 is 2. The van der Waals surface area contributed by atoms with E-state index < -0.39 is 11.5 Å². The summed E-state index contributed by atoms with van der Waals surface area (Å²) in [6, 6.07) is 18.8. The number of aryl methyl sites for hydroxylation is 1. The van der Waals surface area contributed by atoms with Gasteiger partial charge in [-0.2, -0.15) is 0 Å². The van der Waals surface area contributed by atoms with Crippen LogP contribution in [0.5, 0.6) is 11.5 Å². The van der Waals surface area contributed by atoms with Gasteiger partial charge in [0.1, 0.15) is 5.56 Å². The van der Waals surface area contributed by atoms with Gasteiger partial charge in [-0.1, -0.05) is 36.4 Å². The first-order chi connectivity index (χ1) is 17.8. The smallest absolute Gasteiger partial charge is 0.261 e. The molecule has 1 heterocycles. The molecular formula is C28H28N4O5. The molecule has 3 aromatic carbocycles. The van der Waals surface area contributed by atoms with Gasteiger partial charge in [-0.15, -0.1) is 0 Å². The van der Waals surface area contributed by atoms with Crippen LogP contribution >= 0.6 is 0 Å². The van der Waals surface area contributed by atoms with Crippen LogP contribution in [0.1, 0.15) is 37.9 Å². The molecular weight excluding hydrogens is 472 g/mol. The first-order valence-electron chi connectivity index (χ1n) is 11.6. The van der Waals surface area contributed by atoms with Crippen molar-refractivity contribution in [2.45, 2.75) is 13.0 Å². The van der Waals surface area contributed by atoms with Gasteiger partial charge in [0, 0.05) is 29.2 Å². The van der Waals surface area contributed by atoms with E-state index >= 15 is 0 Å². The van der Waals surface area contributed by atoms with Crippen LogP contribution in [0, 0.1) is 6.92 Å². The van der Waals surface area contributed by atoms with E-state index in [9.17, 15) is 14.4 Å². The van der Waals surface area contributed by atoms with Crippen LogP contribution in [-0.2, 0) is 0 Å². The highest BCUT2D eigenvalue weighted by Crippen LogP contribution is 2.31. The Bertz CT molecular complexity index is 1510. The van der Waals surface area contributed by atoms with Crippen molar-refractivity contribution in [1.29, 1.82) is 0 Å². The van der Waals surface area contributed by atoms with Gasteiger partial charge in [0.25, 0.3) is 17.4 Å². The Morgan fingerprint density at radius 2 is 1.65 bits per heavy atom. The van der Waals surface area contributed by atoms with Crippen molar-refractivity contribution in [3.63, 3.8) is 0 Å². The van der Waals surface area contributed by atoms with Gasteiger partial charge in [-0.25, -0.2) is 0 Å².